The van der Waals surface area contributed by atoms with Gasteiger partial charge in [-0.1, -0.05) is 0 Å². The molecule has 5 nitrogen and oxygen atoms in total. The number of rotatable bonds is 2. The lowest BCUT2D eigenvalue weighted by Crippen LogP contribution is -2.29. The highest BCUT2D eigenvalue weighted by molar-refractivity contribution is 7.79. The molecule has 0 aromatic heterocycles. The van der Waals surface area contributed by atoms with Crippen LogP contribution in [0.15, 0.2) is 0 Å². The van der Waals surface area contributed by atoms with Crippen molar-refractivity contribution in [2.24, 2.45) is 0 Å². The largest absolute Gasteiger partial charge is 0.373 e. The van der Waals surface area contributed by atoms with Crippen molar-refractivity contribution in [1.29, 1.82) is 0 Å². The Morgan fingerprint density at radius 3 is 1.62 bits per heavy atom. The Labute approximate surface area is 47.9 Å². The van der Waals surface area contributed by atoms with E-state index >= 15 is 0 Å². The molecule has 0 aliphatic carbocycles. The van der Waals surface area contributed by atoms with Crippen LogP contribution in [0.1, 0.15) is 0 Å². The monoisotopic (exact) mass is 142 g/mol. The molecule has 6 heteroatoms. The Kier molecular flexibility index (Phi) is 3.10. The molecule has 0 bridgehead atoms. The van der Waals surface area contributed by atoms with Crippen LogP contribution in [0.5, 0.6) is 0 Å². The maximum Gasteiger partial charge on any atom is 0.205 e. The average Bonchev–Trinajstić information content (AvgIpc) is 1.64. The van der Waals surface area contributed by atoms with Gasteiger partial charge in [0, 0.05) is 0 Å². The van der Waals surface area contributed by atoms with E-state index in [1.54, 1.807) is 0 Å². The van der Waals surface area contributed by atoms with Gasteiger partial charge in [-0.25, -0.2) is 4.21 Å². The highest BCUT2D eigenvalue weighted by atomic mass is 32.2. The Balaban J connectivity index is 3.64. The van der Waals surface area contributed by atoms with Crippen molar-refractivity contribution in [2.45, 2.75) is 11.7 Å². The van der Waals surface area contributed by atoms with Gasteiger partial charge in [0.15, 0.2) is 17.4 Å². The molecule has 0 fully saturated rings. The zero-order valence-corrected chi connectivity index (χ0v) is 4.58. The summed E-state index contributed by atoms with van der Waals surface area (Å²) in [7, 11) is 0. The van der Waals surface area contributed by atoms with Crippen molar-refractivity contribution in [2.75, 3.05) is 0 Å². The summed E-state index contributed by atoms with van der Waals surface area (Å²) in [6, 6.07) is 0. The quantitative estimate of drug-likeness (QED) is 0.260. The van der Waals surface area contributed by atoms with Gasteiger partial charge in [-0.2, -0.15) is 0 Å². The molecule has 2 unspecified atom stereocenters. The van der Waals surface area contributed by atoms with E-state index in [1.807, 2.05) is 0 Å². The van der Waals surface area contributed by atoms with Crippen molar-refractivity contribution in [1.82, 2.24) is 0 Å². The van der Waals surface area contributed by atoms with E-state index in [-0.39, 0.29) is 0 Å². The van der Waals surface area contributed by atoms with Gasteiger partial charge in [0.1, 0.15) is 0 Å². The molecule has 0 spiro atoms. The Morgan fingerprint density at radius 2 is 1.62 bits per heavy atom. The molecule has 50 valence electrons. The van der Waals surface area contributed by atoms with Crippen LogP contribution in [0.2, 0.25) is 0 Å². The fourth-order valence-electron chi connectivity index (χ4n) is 0.104. The Bertz CT molecular complexity index is 90.4. The molecule has 4 N–H and O–H groups in total. The summed E-state index contributed by atoms with van der Waals surface area (Å²) in [4.78, 5) is 0. The first-order valence-electron chi connectivity index (χ1n) is 1.69. The maximum atomic E-state index is 9.68. The van der Waals surface area contributed by atoms with Crippen LogP contribution < -0.4 is 0 Å². The van der Waals surface area contributed by atoms with E-state index in [9.17, 15) is 4.21 Å². The first-order valence-corrected chi connectivity index (χ1v) is 2.86. The molecule has 0 aliphatic heterocycles. The summed E-state index contributed by atoms with van der Waals surface area (Å²) in [6.45, 7) is 0. The standard InChI is InChI=1S/C2H6O5S/c3-1(4)2(5)8(6)7/h1-5H,(H,6,7). The van der Waals surface area contributed by atoms with Crippen molar-refractivity contribution < 1.29 is 24.1 Å². The second-order valence-electron chi connectivity index (χ2n) is 1.08. The van der Waals surface area contributed by atoms with Crippen molar-refractivity contribution in [3.8, 4) is 0 Å². The molecule has 2 atom stereocenters. The summed E-state index contributed by atoms with van der Waals surface area (Å²) in [5, 5.41) is 24.0. The summed E-state index contributed by atoms with van der Waals surface area (Å²) >= 11 is -2.58. The van der Waals surface area contributed by atoms with Gasteiger partial charge in [0.2, 0.25) is 5.44 Å². The zero-order chi connectivity index (χ0) is 6.73. The van der Waals surface area contributed by atoms with E-state index in [0.29, 0.717) is 0 Å². The van der Waals surface area contributed by atoms with E-state index in [4.69, 9.17) is 19.9 Å². The molecule has 0 rings (SSSR count). The molecule has 0 aliphatic rings. The maximum absolute atomic E-state index is 9.68. The second-order valence-corrected chi connectivity index (χ2v) is 2.12. The van der Waals surface area contributed by atoms with Crippen molar-refractivity contribution in [3.63, 3.8) is 0 Å². The first kappa shape index (κ1) is 7.99. The molecule has 0 saturated carbocycles. The van der Waals surface area contributed by atoms with Gasteiger partial charge in [0.05, 0.1) is 0 Å². The lowest BCUT2D eigenvalue weighted by Gasteiger charge is -2.05. The van der Waals surface area contributed by atoms with Gasteiger partial charge in [-0.15, -0.1) is 0 Å². The van der Waals surface area contributed by atoms with Crippen LogP contribution in [0, 0.1) is 0 Å². The molecule has 0 amide bonds. The molecular weight excluding hydrogens is 136 g/mol. The Hall–Kier alpha value is -0.0100. The van der Waals surface area contributed by atoms with Crippen LogP contribution in [0.3, 0.4) is 0 Å². The van der Waals surface area contributed by atoms with Gasteiger partial charge >= 0.3 is 0 Å². The van der Waals surface area contributed by atoms with E-state index in [0.717, 1.165) is 0 Å². The highest BCUT2D eigenvalue weighted by Gasteiger charge is 2.17. The number of aliphatic hydroxyl groups is 3. The van der Waals surface area contributed by atoms with Crippen LogP contribution in [0.25, 0.3) is 0 Å². The second kappa shape index (κ2) is 3.10. The highest BCUT2D eigenvalue weighted by Crippen LogP contribution is 1.91. The third-order valence-electron chi connectivity index (χ3n) is 0.462. The van der Waals surface area contributed by atoms with Gasteiger partial charge in [-0.05, 0) is 0 Å². The minimum atomic E-state index is -2.58. The summed E-state index contributed by atoms with van der Waals surface area (Å²) in [6.07, 6.45) is -2.15. The smallest absolute Gasteiger partial charge is 0.205 e. The minimum Gasteiger partial charge on any atom is -0.373 e. The van der Waals surface area contributed by atoms with E-state index in [2.05, 4.69) is 0 Å². The molecule has 8 heavy (non-hydrogen) atoms. The lowest BCUT2D eigenvalue weighted by atomic mass is 10.7. The SMILES string of the molecule is O=S(O)C(O)C(O)O. The fraction of sp³-hybridized carbons (Fsp3) is 1.00. The molecular formula is C2H6O5S. The van der Waals surface area contributed by atoms with Crippen LogP contribution in [0.4, 0.5) is 0 Å². The molecule has 0 aromatic carbocycles. The number of aliphatic hydroxyl groups excluding tert-OH is 2. The van der Waals surface area contributed by atoms with Crippen LogP contribution in [-0.2, 0) is 11.1 Å². The molecule has 0 radical (unpaired) electrons. The van der Waals surface area contributed by atoms with Crippen molar-refractivity contribution >= 4 is 11.1 Å². The van der Waals surface area contributed by atoms with Crippen LogP contribution >= 0.6 is 0 Å². The first-order chi connectivity index (χ1) is 3.55. The predicted molar refractivity (Wildman–Crippen MR) is 25.0 cm³/mol. The molecule has 0 saturated heterocycles. The lowest BCUT2D eigenvalue weighted by molar-refractivity contribution is -0.0917. The summed E-state index contributed by atoms with van der Waals surface area (Å²) < 4.78 is 17.6. The van der Waals surface area contributed by atoms with Crippen LogP contribution in [-0.4, -0.2) is 35.8 Å². The van der Waals surface area contributed by atoms with Gasteiger partial charge in [-0.3, -0.25) is 0 Å². The topological polar surface area (TPSA) is 98.0 Å². The van der Waals surface area contributed by atoms with E-state index < -0.39 is 22.8 Å². The Morgan fingerprint density at radius 1 is 1.25 bits per heavy atom. The number of hydrogen-bond acceptors (Lipinski definition) is 4. The average molecular weight is 142 g/mol. The molecule has 0 aromatic rings. The zero-order valence-electron chi connectivity index (χ0n) is 3.76. The third-order valence-corrected chi connectivity index (χ3v) is 1.12. The summed E-state index contributed by atoms with van der Waals surface area (Å²) in [5.74, 6) is 0. The number of hydrogen-bond donors (Lipinski definition) is 4. The predicted octanol–water partition coefficient (Wildman–Crippen LogP) is -2.16. The van der Waals surface area contributed by atoms with Gasteiger partial charge in [0.25, 0.3) is 0 Å². The van der Waals surface area contributed by atoms with Gasteiger partial charge < -0.3 is 19.9 Å². The third kappa shape index (κ3) is 2.34. The van der Waals surface area contributed by atoms with E-state index in [1.165, 1.54) is 0 Å². The normalized spacial score (nSPS) is 18.6. The minimum absolute atomic E-state index is 1.99. The summed E-state index contributed by atoms with van der Waals surface area (Å²) in [5.41, 5.74) is -1.99. The van der Waals surface area contributed by atoms with Crippen molar-refractivity contribution in [3.05, 3.63) is 0 Å². The molecule has 0 heterocycles. The fourth-order valence-corrected chi connectivity index (χ4v) is 0.312.